The van der Waals surface area contributed by atoms with Gasteiger partial charge < -0.3 is 4.18 Å². The van der Waals surface area contributed by atoms with Crippen LogP contribution < -0.4 is 4.18 Å². The van der Waals surface area contributed by atoms with Gasteiger partial charge in [-0.1, -0.05) is 18.2 Å². The summed E-state index contributed by atoms with van der Waals surface area (Å²) >= 11 is 0. The van der Waals surface area contributed by atoms with Gasteiger partial charge in [0.05, 0.1) is 5.56 Å². The van der Waals surface area contributed by atoms with Crippen molar-refractivity contribution in [3.8, 4) is 5.75 Å². The molecule has 0 saturated heterocycles. The minimum Gasteiger partial charge on any atom is -0.379 e. The quantitative estimate of drug-likeness (QED) is 0.809. The Bertz CT molecular complexity index is 798. The summed E-state index contributed by atoms with van der Waals surface area (Å²) in [5, 5.41) is 0. The Kier molecular flexibility index (Phi) is 4.23. The first-order chi connectivity index (χ1) is 10.2. The fourth-order valence-corrected chi connectivity index (χ4v) is 2.58. The summed E-state index contributed by atoms with van der Waals surface area (Å²) in [6.07, 6.45) is -3.12. The van der Waals surface area contributed by atoms with Crippen LogP contribution in [0.1, 0.15) is 11.1 Å². The van der Waals surface area contributed by atoms with E-state index in [-0.39, 0.29) is 11.3 Å². The van der Waals surface area contributed by atoms with E-state index in [9.17, 15) is 26.4 Å². The van der Waals surface area contributed by atoms with Crippen molar-refractivity contribution in [1.82, 2.24) is 0 Å². The summed E-state index contributed by atoms with van der Waals surface area (Å²) in [4.78, 5) is 9.86. The molecule has 2 aromatic carbocycles. The molecule has 0 saturated carbocycles. The van der Waals surface area contributed by atoms with Crippen LogP contribution in [0.3, 0.4) is 0 Å². The van der Waals surface area contributed by atoms with Crippen molar-refractivity contribution in [1.29, 1.82) is 0 Å². The standard InChI is InChI=1S/C14H8F3O4S/c15-14(16,17)11-4-2-6-13(8-11)22(19,20)21-12-5-1-3-10(7-12)9-18/h1-8H. The van der Waals surface area contributed by atoms with E-state index in [0.29, 0.717) is 6.07 Å². The molecule has 115 valence electrons. The third-order valence-corrected chi connectivity index (χ3v) is 3.85. The van der Waals surface area contributed by atoms with E-state index in [1.54, 1.807) is 6.29 Å². The lowest BCUT2D eigenvalue weighted by molar-refractivity contribution is -0.137. The van der Waals surface area contributed by atoms with Gasteiger partial charge in [0.25, 0.3) is 0 Å². The van der Waals surface area contributed by atoms with Gasteiger partial charge in [-0.3, -0.25) is 4.79 Å². The lowest BCUT2D eigenvalue weighted by Gasteiger charge is -2.10. The Morgan fingerprint density at radius 3 is 2.32 bits per heavy atom. The highest BCUT2D eigenvalue weighted by Gasteiger charge is 2.32. The summed E-state index contributed by atoms with van der Waals surface area (Å²) in [6.45, 7) is 0. The molecule has 2 rings (SSSR count). The van der Waals surface area contributed by atoms with E-state index in [4.69, 9.17) is 4.18 Å². The zero-order chi connectivity index (χ0) is 16.4. The second kappa shape index (κ2) is 5.80. The Hall–Kier alpha value is -2.35. The molecule has 0 aliphatic rings. The van der Waals surface area contributed by atoms with E-state index >= 15 is 0 Å². The van der Waals surface area contributed by atoms with Crippen LogP contribution in [-0.4, -0.2) is 14.7 Å². The molecule has 0 N–H and O–H groups in total. The Morgan fingerprint density at radius 1 is 1.00 bits per heavy atom. The molecule has 0 amide bonds. The molecule has 0 bridgehead atoms. The third kappa shape index (κ3) is 3.64. The zero-order valence-corrected chi connectivity index (χ0v) is 11.6. The molecule has 0 aromatic heterocycles. The fourth-order valence-electron chi connectivity index (χ4n) is 1.61. The summed E-state index contributed by atoms with van der Waals surface area (Å²) in [5.74, 6) is -0.196. The van der Waals surface area contributed by atoms with Crippen LogP contribution in [0.5, 0.6) is 5.75 Å². The van der Waals surface area contributed by atoms with Crippen LogP contribution in [-0.2, 0) is 21.1 Å². The zero-order valence-electron chi connectivity index (χ0n) is 10.8. The smallest absolute Gasteiger partial charge is 0.379 e. The van der Waals surface area contributed by atoms with Crippen molar-refractivity contribution in [3.63, 3.8) is 0 Å². The lowest BCUT2D eigenvalue weighted by Crippen LogP contribution is -2.12. The van der Waals surface area contributed by atoms with Gasteiger partial charge in [0.15, 0.2) is 0 Å². The second-order valence-electron chi connectivity index (χ2n) is 4.19. The molecule has 22 heavy (non-hydrogen) atoms. The summed E-state index contributed by atoms with van der Waals surface area (Å²) in [7, 11) is -4.45. The SMILES string of the molecule is O=[C]c1cccc(OS(=O)(=O)c2cccc(C(F)(F)F)c2)c1. The van der Waals surface area contributed by atoms with E-state index in [0.717, 1.165) is 24.3 Å². The van der Waals surface area contributed by atoms with E-state index in [2.05, 4.69) is 0 Å². The fraction of sp³-hybridized carbons (Fsp3) is 0.0714. The Balaban J connectivity index is 2.36. The lowest BCUT2D eigenvalue weighted by atomic mass is 10.2. The summed E-state index contributed by atoms with van der Waals surface area (Å²) < 4.78 is 66.5. The normalized spacial score (nSPS) is 12.0. The Labute approximate surface area is 124 Å². The molecule has 8 heteroatoms. The average molecular weight is 329 g/mol. The average Bonchev–Trinajstić information content (AvgIpc) is 2.46. The van der Waals surface area contributed by atoms with Crippen molar-refractivity contribution in [2.75, 3.05) is 0 Å². The molecule has 0 aliphatic heterocycles. The van der Waals surface area contributed by atoms with E-state index in [1.165, 1.54) is 18.2 Å². The number of rotatable bonds is 4. The third-order valence-electron chi connectivity index (χ3n) is 2.61. The van der Waals surface area contributed by atoms with Gasteiger partial charge >= 0.3 is 16.3 Å². The maximum Gasteiger partial charge on any atom is 0.416 e. The molecule has 1 radical (unpaired) electrons. The highest BCUT2D eigenvalue weighted by Crippen LogP contribution is 2.31. The number of halogens is 3. The van der Waals surface area contributed by atoms with Gasteiger partial charge in [-0.05, 0) is 30.3 Å². The number of hydrogen-bond acceptors (Lipinski definition) is 4. The predicted octanol–water partition coefficient (Wildman–Crippen LogP) is 2.93. The van der Waals surface area contributed by atoms with Crippen LogP contribution in [0.25, 0.3) is 0 Å². The van der Waals surface area contributed by atoms with Crippen molar-refractivity contribution < 1.29 is 30.6 Å². The molecular weight excluding hydrogens is 321 g/mol. The van der Waals surface area contributed by atoms with Crippen LogP contribution in [0.4, 0.5) is 13.2 Å². The van der Waals surface area contributed by atoms with Crippen molar-refractivity contribution >= 4 is 16.4 Å². The molecule has 0 unspecified atom stereocenters. The first-order valence-electron chi connectivity index (χ1n) is 5.82. The van der Waals surface area contributed by atoms with Crippen molar-refractivity contribution in [2.45, 2.75) is 11.1 Å². The van der Waals surface area contributed by atoms with Crippen LogP contribution >= 0.6 is 0 Å². The number of benzene rings is 2. The van der Waals surface area contributed by atoms with Crippen molar-refractivity contribution in [2.24, 2.45) is 0 Å². The highest BCUT2D eigenvalue weighted by molar-refractivity contribution is 7.87. The van der Waals surface area contributed by atoms with Crippen LogP contribution in [0, 0.1) is 0 Å². The van der Waals surface area contributed by atoms with E-state index < -0.39 is 26.8 Å². The van der Waals surface area contributed by atoms with Crippen LogP contribution in [0.2, 0.25) is 0 Å². The second-order valence-corrected chi connectivity index (χ2v) is 5.74. The largest absolute Gasteiger partial charge is 0.416 e. The van der Waals surface area contributed by atoms with Gasteiger partial charge in [-0.25, -0.2) is 0 Å². The van der Waals surface area contributed by atoms with Gasteiger partial charge in [0, 0.05) is 5.56 Å². The number of hydrogen-bond donors (Lipinski definition) is 0. The monoisotopic (exact) mass is 329 g/mol. The first kappa shape index (κ1) is 16.0. The molecule has 0 atom stereocenters. The highest BCUT2D eigenvalue weighted by atomic mass is 32.2. The number of carbonyl (C=O) groups excluding carboxylic acids is 1. The Morgan fingerprint density at radius 2 is 1.68 bits per heavy atom. The van der Waals surface area contributed by atoms with Crippen LogP contribution in [0.15, 0.2) is 53.4 Å². The van der Waals surface area contributed by atoms with Gasteiger partial charge in [0.2, 0.25) is 6.29 Å². The minimum atomic E-state index is -4.67. The summed E-state index contributed by atoms with van der Waals surface area (Å²) in [5.41, 5.74) is -1.05. The maximum absolute atomic E-state index is 12.6. The molecule has 4 nitrogen and oxygen atoms in total. The number of alkyl halides is 3. The van der Waals surface area contributed by atoms with Gasteiger partial charge in [0.1, 0.15) is 10.6 Å². The molecule has 0 spiro atoms. The van der Waals surface area contributed by atoms with Gasteiger partial charge in [-0.15, -0.1) is 0 Å². The topological polar surface area (TPSA) is 60.4 Å². The predicted molar refractivity (Wildman–Crippen MR) is 70.5 cm³/mol. The molecule has 0 fully saturated rings. The summed E-state index contributed by atoms with van der Waals surface area (Å²) in [6, 6.07) is 8.28. The van der Waals surface area contributed by atoms with Gasteiger partial charge in [-0.2, -0.15) is 21.6 Å². The molecular formula is C14H8F3O4S. The van der Waals surface area contributed by atoms with Crippen molar-refractivity contribution in [3.05, 3.63) is 59.7 Å². The van der Waals surface area contributed by atoms with E-state index in [1.807, 2.05) is 0 Å². The first-order valence-corrected chi connectivity index (χ1v) is 7.23. The molecule has 0 heterocycles. The maximum atomic E-state index is 12.6. The minimum absolute atomic E-state index is 0.0525. The molecule has 2 aromatic rings. The molecule has 0 aliphatic carbocycles.